The number of anilines is 1. The van der Waals surface area contributed by atoms with Crippen LogP contribution in [0.1, 0.15) is 18.6 Å². The first-order valence-electron chi connectivity index (χ1n) is 9.47. The molecule has 0 aliphatic carbocycles. The maximum atomic E-state index is 12.6. The van der Waals surface area contributed by atoms with Gasteiger partial charge in [0.25, 0.3) is 0 Å². The summed E-state index contributed by atoms with van der Waals surface area (Å²) < 4.78 is 11.3. The van der Waals surface area contributed by atoms with Gasteiger partial charge >= 0.3 is 0 Å². The Balaban J connectivity index is 1.38. The normalized spacial score (nSPS) is 17.3. The smallest absolute Gasteiger partial charge is 0.225 e. The third-order valence-corrected chi connectivity index (χ3v) is 5.25. The summed E-state index contributed by atoms with van der Waals surface area (Å²) in [5.41, 5.74) is 2.29. The van der Waals surface area contributed by atoms with Crippen molar-refractivity contribution in [1.29, 1.82) is 0 Å². The molecule has 0 saturated carbocycles. The number of aromatic nitrogens is 2. The van der Waals surface area contributed by atoms with E-state index in [1.54, 1.807) is 12.6 Å². The highest BCUT2D eigenvalue weighted by atomic mass is 16.3. The van der Waals surface area contributed by atoms with Gasteiger partial charge in [0.2, 0.25) is 5.91 Å². The Morgan fingerprint density at radius 1 is 1.21 bits per heavy atom. The van der Waals surface area contributed by atoms with E-state index in [-0.39, 0.29) is 11.8 Å². The number of carbonyl (C=O) groups is 1. The highest BCUT2D eigenvalue weighted by molar-refractivity contribution is 6.05. The number of nitrogens with one attached hydrogen (secondary N) is 1. The summed E-state index contributed by atoms with van der Waals surface area (Å²) in [7, 11) is 0. The molecule has 0 unspecified atom stereocenters. The summed E-state index contributed by atoms with van der Waals surface area (Å²) in [5.74, 6) is 1.44. The molecule has 0 radical (unpaired) electrons. The Morgan fingerprint density at radius 2 is 2.14 bits per heavy atom. The molecule has 1 atom stereocenters. The Hall–Kier alpha value is -3.35. The zero-order valence-electron chi connectivity index (χ0n) is 15.3. The number of nitrogens with zero attached hydrogens (tertiary/aromatic N) is 3. The van der Waals surface area contributed by atoms with Crippen molar-refractivity contribution in [1.82, 2.24) is 15.3 Å². The number of fused-ring (bicyclic) bond motifs is 3. The van der Waals surface area contributed by atoms with E-state index in [0.717, 1.165) is 47.5 Å². The molecule has 1 aliphatic heterocycles. The van der Waals surface area contributed by atoms with Gasteiger partial charge < -0.3 is 19.1 Å². The van der Waals surface area contributed by atoms with Crippen LogP contribution in [0.4, 0.5) is 5.82 Å². The van der Waals surface area contributed by atoms with Crippen LogP contribution >= 0.6 is 0 Å². The molecule has 3 aromatic heterocycles. The second kappa shape index (κ2) is 6.99. The van der Waals surface area contributed by atoms with E-state index >= 15 is 0 Å². The van der Waals surface area contributed by atoms with Crippen LogP contribution in [-0.2, 0) is 11.3 Å². The predicted molar refractivity (Wildman–Crippen MR) is 105 cm³/mol. The van der Waals surface area contributed by atoms with Crippen molar-refractivity contribution in [2.45, 2.75) is 19.4 Å². The van der Waals surface area contributed by atoms with Gasteiger partial charge in [-0.2, -0.15) is 0 Å². The third kappa shape index (κ3) is 2.98. The highest BCUT2D eigenvalue weighted by Crippen LogP contribution is 2.33. The summed E-state index contributed by atoms with van der Waals surface area (Å²) in [6.45, 7) is 1.85. The summed E-state index contributed by atoms with van der Waals surface area (Å²) in [5, 5.41) is 3.95. The number of carbonyl (C=O) groups excluding carboxylic acids is 1. The average Bonchev–Trinajstić information content (AvgIpc) is 3.39. The van der Waals surface area contributed by atoms with Crippen LogP contribution in [0.5, 0.6) is 0 Å². The van der Waals surface area contributed by atoms with Gasteiger partial charge in [0, 0.05) is 18.5 Å². The van der Waals surface area contributed by atoms with Crippen molar-refractivity contribution < 1.29 is 13.6 Å². The van der Waals surface area contributed by atoms with E-state index in [1.165, 1.54) is 0 Å². The van der Waals surface area contributed by atoms with E-state index in [1.807, 2.05) is 36.4 Å². The maximum Gasteiger partial charge on any atom is 0.225 e. The van der Waals surface area contributed by atoms with Crippen molar-refractivity contribution in [3.8, 4) is 0 Å². The Morgan fingerprint density at radius 3 is 3.04 bits per heavy atom. The molecule has 4 aromatic rings. The fraction of sp³-hybridized carbons (Fsp3) is 0.286. The number of hydrogen-bond acceptors (Lipinski definition) is 6. The Bertz CT molecular complexity index is 1120. The highest BCUT2D eigenvalue weighted by Gasteiger charge is 2.28. The second-order valence-electron chi connectivity index (χ2n) is 7.06. The van der Waals surface area contributed by atoms with Crippen molar-refractivity contribution in [2.24, 2.45) is 5.92 Å². The number of hydrogen-bond donors (Lipinski definition) is 1. The van der Waals surface area contributed by atoms with Crippen molar-refractivity contribution >= 4 is 33.8 Å². The lowest BCUT2D eigenvalue weighted by atomic mass is 9.97. The zero-order chi connectivity index (χ0) is 18.9. The Kier molecular flexibility index (Phi) is 4.20. The van der Waals surface area contributed by atoms with E-state index < -0.39 is 0 Å². The van der Waals surface area contributed by atoms with Gasteiger partial charge in [0.1, 0.15) is 23.2 Å². The van der Waals surface area contributed by atoms with Gasteiger partial charge in [-0.05, 0) is 37.1 Å². The molecular formula is C21H20N4O3. The number of para-hydroxylation sites is 1. The molecule has 5 rings (SSSR count). The van der Waals surface area contributed by atoms with Gasteiger partial charge in [-0.3, -0.25) is 4.79 Å². The molecule has 7 heteroatoms. The molecule has 1 aromatic carbocycles. The quantitative estimate of drug-likeness (QED) is 0.587. The second-order valence-corrected chi connectivity index (χ2v) is 7.06. The minimum absolute atomic E-state index is 0.0380. The third-order valence-electron chi connectivity index (χ3n) is 5.25. The molecule has 7 nitrogen and oxygen atoms in total. The molecule has 1 aliphatic rings. The van der Waals surface area contributed by atoms with E-state index in [0.29, 0.717) is 18.7 Å². The fourth-order valence-electron chi connectivity index (χ4n) is 3.85. The van der Waals surface area contributed by atoms with Crippen LogP contribution < -0.4 is 10.2 Å². The summed E-state index contributed by atoms with van der Waals surface area (Å²) in [6, 6.07) is 11.5. The summed E-state index contributed by atoms with van der Waals surface area (Å²) in [6.07, 6.45) is 4.96. The van der Waals surface area contributed by atoms with Gasteiger partial charge in [0.15, 0.2) is 11.4 Å². The molecule has 0 spiro atoms. The van der Waals surface area contributed by atoms with Crippen LogP contribution in [0, 0.1) is 5.92 Å². The fourth-order valence-corrected chi connectivity index (χ4v) is 3.85. The largest absolute Gasteiger partial charge is 0.467 e. The molecule has 1 fully saturated rings. The van der Waals surface area contributed by atoms with E-state index in [4.69, 9.17) is 8.83 Å². The lowest BCUT2D eigenvalue weighted by Crippen LogP contribution is -2.43. The molecule has 4 heterocycles. The van der Waals surface area contributed by atoms with Gasteiger partial charge in [-0.25, -0.2) is 9.97 Å². The number of piperidine rings is 1. The van der Waals surface area contributed by atoms with Gasteiger partial charge in [-0.1, -0.05) is 12.1 Å². The van der Waals surface area contributed by atoms with Crippen molar-refractivity contribution in [2.75, 3.05) is 18.0 Å². The molecule has 1 saturated heterocycles. The zero-order valence-corrected chi connectivity index (χ0v) is 15.3. The minimum Gasteiger partial charge on any atom is -0.467 e. The number of amides is 1. The molecule has 1 amide bonds. The predicted octanol–water partition coefficient (Wildman–Crippen LogP) is 3.50. The van der Waals surface area contributed by atoms with Crippen molar-refractivity contribution in [3.05, 3.63) is 54.7 Å². The SMILES string of the molecule is O=C(NCc1ccco1)[C@H]1CCCN(c2ncnc3c2oc2ccccc23)C1. The van der Waals surface area contributed by atoms with E-state index in [2.05, 4.69) is 20.2 Å². The van der Waals surface area contributed by atoms with Crippen LogP contribution in [-0.4, -0.2) is 29.0 Å². The van der Waals surface area contributed by atoms with E-state index in [9.17, 15) is 4.79 Å². The first kappa shape index (κ1) is 16.8. The number of furan rings is 2. The first-order valence-corrected chi connectivity index (χ1v) is 9.47. The van der Waals surface area contributed by atoms with Crippen molar-refractivity contribution in [3.63, 3.8) is 0 Å². The monoisotopic (exact) mass is 376 g/mol. The van der Waals surface area contributed by atoms with Crippen LogP contribution in [0.2, 0.25) is 0 Å². The average molecular weight is 376 g/mol. The lowest BCUT2D eigenvalue weighted by Gasteiger charge is -2.32. The van der Waals surface area contributed by atoms with Gasteiger partial charge in [0.05, 0.1) is 18.7 Å². The molecule has 142 valence electrons. The topological polar surface area (TPSA) is 84.4 Å². The van der Waals surface area contributed by atoms with Crippen LogP contribution in [0.25, 0.3) is 22.1 Å². The van der Waals surface area contributed by atoms with Crippen LogP contribution in [0.3, 0.4) is 0 Å². The molecule has 0 bridgehead atoms. The number of benzene rings is 1. The number of rotatable bonds is 4. The maximum absolute atomic E-state index is 12.6. The first-order chi connectivity index (χ1) is 13.8. The van der Waals surface area contributed by atoms with Gasteiger partial charge in [-0.15, -0.1) is 0 Å². The van der Waals surface area contributed by atoms with Crippen LogP contribution in [0.15, 0.2) is 57.8 Å². The minimum atomic E-state index is -0.0990. The standard InChI is InChI=1S/C21H20N4O3/c26-21(22-11-15-6-4-10-27-15)14-5-3-9-25(12-14)20-19-18(23-13-24-20)16-7-1-2-8-17(16)28-19/h1-2,4,6-8,10,13-14H,3,5,9,11-12H2,(H,22,26)/t14-/m0/s1. The molecule has 28 heavy (non-hydrogen) atoms. The summed E-state index contributed by atoms with van der Waals surface area (Å²) >= 11 is 0. The molecule has 1 N–H and O–H groups in total. The Labute approximate surface area is 161 Å². The lowest BCUT2D eigenvalue weighted by molar-refractivity contribution is -0.125. The molecular weight excluding hydrogens is 356 g/mol. The summed E-state index contributed by atoms with van der Waals surface area (Å²) in [4.78, 5) is 23.7.